The summed E-state index contributed by atoms with van der Waals surface area (Å²) in [7, 11) is 0. The van der Waals surface area contributed by atoms with Crippen LogP contribution >= 0.6 is 46.4 Å². The molecule has 2 aromatic rings. The van der Waals surface area contributed by atoms with E-state index in [1.165, 1.54) is 6.07 Å². The second-order valence-corrected chi connectivity index (χ2v) is 5.52. The molecule has 0 spiro atoms. The number of hydrogen-bond acceptors (Lipinski definition) is 1. The molecule has 2 aromatic carbocycles. The van der Waals surface area contributed by atoms with Gasteiger partial charge in [0.05, 0.1) is 10.0 Å². The number of carbonyl (C=O) groups excluding carboxylic acids is 1. The Morgan fingerprint density at radius 1 is 0.842 bits per heavy atom. The Hall–Kier alpha value is -0.930. The van der Waals surface area contributed by atoms with Gasteiger partial charge < -0.3 is 5.73 Å². The van der Waals surface area contributed by atoms with Crippen molar-refractivity contribution in [3.05, 3.63) is 56.0 Å². The molecule has 2 rings (SSSR count). The van der Waals surface area contributed by atoms with Gasteiger partial charge in [-0.1, -0.05) is 46.4 Å². The first-order chi connectivity index (χ1) is 8.88. The molecule has 0 heterocycles. The minimum absolute atomic E-state index is 0.282. The van der Waals surface area contributed by atoms with E-state index in [-0.39, 0.29) is 5.56 Å². The first-order valence-corrected chi connectivity index (χ1v) is 6.65. The third-order valence-electron chi connectivity index (χ3n) is 2.48. The number of rotatable bonds is 2. The van der Waals surface area contributed by atoms with Gasteiger partial charge in [0.1, 0.15) is 0 Å². The maximum Gasteiger partial charge on any atom is 0.248 e. The van der Waals surface area contributed by atoms with Crippen LogP contribution in [-0.4, -0.2) is 5.91 Å². The fraction of sp³-hybridized carbons (Fsp3) is 0. The Morgan fingerprint density at radius 2 is 1.37 bits per heavy atom. The molecule has 2 nitrogen and oxygen atoms in total. The van der Waals surface area contributed by atoms with Gasteiger partial charge in [0.15, 0.2) is 0 Å². The van der Waals surface area contributed by atoms with Crippen LogP contribution in [0.3, 0.4) is 0 Å². The summed E-state index contributed by atoms with van der Waals surface area (Å²) in [6, 6.07) is 7.83. The van der Waals surface area contributed by atoms with E-state index in [2.05, 4.69) is 0 Å². The lowest BCUT2D eigenvalue weighted by Crippen LogP contribution is -2.10. The Kier molecular flexibility index (Phi) is 4.26. The molecule has 0 aromatic heterocycles. The van der Waals surface area contributed by atoms with Gasteiger partial charge in [0.2, 0.25) is 5.91 Å². The first kappa shape index (κ1) is 14.5. The minimum atomic E-state index is -0.579. The first-order valence-electron chi connectivity index (χ1n) is 5.14. The number of halogens is 4. The smallest absolute Gasteiger partial charge is 0.248 e. The topological polar surface area (TPSA) is 43.1 Å². The van der Waals surface area contributed by atoms with Crippen LogP contribution in [0.15, 0.2) is 30.3 Å². The molecule has 0 bridgehead atoms. The van der Waals surface area contributed by atoms with E-state index in [9.17, 15) is 4.79 Å². The molecular weight excluding hydrogens is 328 g/mol. The molecule has 0 radical (unpaired) electrons. The predicted molar refractivity (Wildman–Crippen MR) is 80.4 cm³/mol. The van der Waals surface area contributed by atoms with Crippen molar-refractivity contribution in [3.8, 4) is 11.1 Å². The molecule has 0 fully saturated rings. The lowest BCUT2D eigenvalue weighted by atomic mass is 10.0. The number of nitrogens with two attached hydrogens (primary N) is 1. The van der Waals surface area contributed by atoms with Gasteiger partial charge >= 0.3 is 0 Å². The summed E-state index contributed by atoms with van der Waals surface area (Å²) in [4.78, 5) is 11.2. The normalized spacial score (nSPS) is 10.5. The number of benzene rings is 2. The summed E-state index contributed by atoms with van der Waals surface area (Å²) in [5.74, 6) is -0.579. The van der Waals surface area contributed by atoms with E-state index in [1.807, 2.05) is 0 Å². The van der Waals surface area contributed by atoms with E-state index in [1.54, 1.807) is 24.3 Å². The van der Waals surface area contributed by atoms with Crippen LogP contribution < -0.4 is 5.73 Å². The average Bonchev–Trinajstić information content (AvgIpc) is 2.26. The lowest BCUT2D eigenvalue weighted by Gasteiger charge is -2.10. The van der Waals surface area contributed by atoms with Crippen LogP contribution in [-0.2, 0) is 0 Å². The summed E-state index contributed by atoms with van der Waals surface area (Å²) >= 11 is 24.1. The van der Waals surface area contributed by atoms with Crippen molar-refractivity contribution in [3.63, 3.8) is 0 Å². The van der Waals surface area contributed by atoms with Crippen molar-refractivity contribution in [2.24, 2.45) is 5.73 Å². The van der Waals surface area contributed by atoms with Gasteiger partial charge in [0.25, 0.3) is 0 Å². The molecule has 2 N–H and O–H groups in total. The molecule has 0 unspecified atom stereocenters. The molecule has 0 aliphatic rings. The SMILES string of the molecule is NC(=O)c1cc(Cl)cc(-c2c(Cl)cc(Cl)cc2Cl)c1. The van der Waals surface area contributed by atoms with Crippen molar-refractivity contribution >= 4 is 52.3 Å². The standard InChI is InChI=1S/C13H7Cl4NO/c14-8-2-6(1-7(3-8)13(18)19)12-10(16)4-9(15)5-11(12)17/h1-5H,(H2,18,19). The summed E-state index contributed by atoms with van der Waals surface area (Å²) < 4.78 is 0. The van der Waals surface area contributed by atoms with Gasteiger partial charge in [0, 0.05) is 21.2 Å². The fourth-order valence-corrected chi connectivity index (χ4v) is 2.96. The van der Waals surface area contributed by atoms with Crippen LogP contribution in [0.4, 0.5) is 0 Å². The average molecular weight is 335 g/mol. The highest BCUT2D eigenvalue weighted by Gasteiger charge is 2.13. The molecule has 6 heteroatoms. The maximum absolute atomic E-state index is 11.2. The molecule has 98 valence electrons. The van der Waals surface area contributed by atoms with E-state index in [0.717, 1.165) is 0 Å². The van der Waals surface area contributed by atoms with E-state index in [0.29, 0.717) is 31.2 Å². The lowest BCUT2D eigenvalue weighted by molar-refractivity contribution is 0.100. The molecule has 0 aliphatic carbocycles. The Labute approximate surface area is 130 Å². The highest BCUT2D eigenvalue weighted by molar-refractivity contribution is 6.42. The summed E-state index contributed by atoms with van der Waals surface area (Å²) in [6.45, 7) is 0. The highest BCUT2D eigenvalue weighted by atomic mass is 35.5. The quantitative estimate of drug-likeness (QED) is 0.818. The number of hydrogen-bond donors (Lipinski definition) is 1. The number of carbonyl (C=O) groups is 1. The summed E-state index contributed by atoms with van der Waals surface area (Å²) in [6.07, 6.45) is 0. The van der Waals surface area contributed by atoms with Crippen LogP contribution in [0.5, 0.6) is 0 Å². The van der Waals surface area contributed by atoms with E-state index >= 15 is 0 Å². The zero-order valence-electron chi connectivity index (χ0n) is 9.38. The van der Waals surface area contributed by atoms with Gasteiger partial charge in [-0.05, 0) is 35.9 Å². The predicted octanol–water partition coefficient (Wildman–Crippen LogP) is 5.07. The second-order valence-electron chi connectivity index (χ2n) is 3.84. The Morgan fingerprint density at radius 3 is 1.89 bits per heavy atom. The summed E-state index contributed by atoms with van der Waals surface area (Å²) in [5.41, 5.74) is 6.69. The van der Waals surface area contributed by atoms with Gasteiger partial charge in [-0.15, -0.1) is 0 Å². The molecule has 0 atom stereocenters. The third-order valence-corrected chi connectivity index (χ3v) is 3.51. The largest absolute Gasteiger partial charge is 0.366 e. The minimum Gasteiger partial charge on any atom is -0.366 e. The van der Waals surface area contributed by atoms with Crippen molar-refractivity contribution in [2.75, 3.05) is 0 Å². The molecule has 1 amide bonds. The number of primary amides is 1. The van der Waals surface area contributed by atoms with Gasteiger partial charge in [-0.2, -0.15) is 0 Å². The Bertz CT molecular complexity index is 647. The van der Waals surface area contributed by atoms with Crippen molar-refractivity contribution in [1.29, 1.82) is 0 Å². The van der Waals surface area contributed by atoms with Crippen LogP contribution in [0.2, 0.25) is 20.1 Å². The maximum atomic E-state index is 11.2. The Balaban J connectivity index is 2.69. The zero-order valence-corrected chi connectivity index (χ0v) is 12.4. The zero-order chi connectivity index (χ0) is 14.2. The third kappa shape index (κ3) is 3.15. The molecule has 19 heavy (non-hydrogen) atoms. The highest BCUT2D eigenvalue weighted by Crippen LogP contribution is 2.38. The summed E-state index contributed by atoms with van der Waals surface area (Å²) in [5, 5.41) is 1.54. The van der Waals surface area contributed by atoms with Crippen molar-refractivity contribution in [2.45, 2.75) is 0 Å². The molecule has 0 saturated carbocycles. The molecular formula is C13H7Cl4NO. The van der Waals surface area contributed by atoms with Crippen LogP contribution in [0, 0.1) is 0 Å². The van der Waals surface area contributed by atoms with Crippen molar-refractivity contribution in [1.82, 2.24) is 0 Å². The molecule has 0 aliphatic heterocycles. The van der Waals surface area contributed by atoms with E-state index in [4.69, 9.17) is 52.1 Å². The molecule has 0 saturated heterocycles. The second kappa shape index (κ2) is 5.59. The van der Waals surface area contributed by atoms with Gasteiger partial charge in [-0.3, -0.25) is 4.79 Å². The van der Waals surface area contributed by atoms with Crippen LogP contribution in [0.25, 0.3) is 11.1 Å². The van der Waals surface area contributed by atoms with Gasteiger partial charge in [-0.25, -0.2) is 0 Å². The van der Waals surface area contributed by atoms with Crippen molar-refractivity contribution < 1.29 is 4.79 Å². The van der Waals surface area contributed by atoms with E-state index < -0.39 is 5.91 Å². The van der Waals surface area contributed by atoms with Crippen LogP contribution in [0.1, 0.15) is 10.4 Å². The monoisotopic (exact) mass is 333 g/mol. The number of amides is 1. The fourth-order valence-electron chi connectivity index (χ4n) is 1.69.